The lowest BCUT2D eigenvalue weighted by Gasteiger charge is -2.32. The summed E-state index contributed by atoms with van der Waals surface area (Å²) in [7, 11) is -3.05. The first-order chi connectivity index (χ1) is 11.3. The van der Waals surface area contributed by atoms with E-state index >= 15 is 0 Å². The maximum atomic E-state index is 12.5. The molecule has 0 aromatic heterocycles. The molecule has 0 radical (unpaired) electrons. The molecule has 0 N–H and O–H groups in total. The standard InChI is InChI=1S/C18H25NO4S/c1-13(19-10-9-14-5-3-4-6-15(14)12-19)18(20)23-16-7-8-17(11-16)24(2,21)22/h3-6,13,16-17H,7-12H2,1-2H3/t13-,16+,17+/m1/s1. The predicted molar refractivity (Wildman–Crippen MR) is 92.4 cm³/mol. The van der Waals surface area contributed by atoms with Crippen LogP contribution in [0.3, 0.4) is 0 Å². The van der Waals surface area contributed by atoms with Gasteiger partial charge in [0.05, 0.1) is 5.25 Å². The van der Waals surface area contributed by atoms with Gasteiger partial charge in [-0.2, -0.15) is 0 Å². The number of esters is 1. The third-order valence-corrected chi connectivity index (χ3v) is 6.91. The van der Waals surface area contributed by atoms with Crippen LogP contribution in [0.1, 0.15) is 37.3 Å². The number of benzene rings is 1. The van der Waals surface area contributed by atoms with E-state index in [0.717, 1.165) is 19.5 Å². The highest BCUT2D eigenvalue weighted by atomic mass is 32.2. The molecule has 1 heterocycles. The van der Waals surface area contributed by atoms with Gasteiger partial charge in [0.25, 0.3) is 0 Å². The van der Waals surface area contributed by atoms with E-state index in [9.17, 15) is 13.2 Å². The lowest BCUT2D eigenvalue weighted by Crippen LogP contribution is -2.43. The number of nitrogens with zero attached hydrogens (tertiary/aromatic N) is 1. The molecule has 1 fully saturated rings. The molecule has 5 nitrogen and oxygen atoms in total. The smallest absolute Gasteiger partial charge is 0.323 e. The largest absolute Gasteiger partial charge is 0.461 e. The number of carbonyl (C=O) groups is 1. The van der Waals surface area contributed by atoms with Gasteiger partial charge >= 0.3 is 5.97 Å². The quantitative estimate of drug-likeness (QED) is 0.776. The van der Waals surface area contributed by atoms with Gasteiger partial charge in [-0.15, -0.1) is 0 Å². The van der Waals surface area contributed by atoms with Crippen molar-refractivity contribution in [3.8, 4) is 0 Å². The summed E-state index contributed by atoms with van der Waals surface area (Å²) in [4.78, 5) is 14.6. The van der Waals surface area contributed by atoms with Gasteiger partial charge in [-0.25, -0.2) is 8.42 Å². The molecule has 3 atom stereocenters. The van der Waals surface area contributed by atoms with Crippen molar-refractivity contribution in [3.63, 3.8) is 0 Å². The first-order valence-corrected chi connectivity index (χ1v) is 10.5. The molecule has 0 spiro atoms. The molecule has 1 aromatic rings. The molecular weight excluding hydrogens is 326 g/mol. The maximum absolute atomic E-state index is 12.5. The van der Waals surface area contributed by atoms with Crippen molar-refractivity contribution in [1.82, 2.24) is 4.90 Å². The van der Waals surface area contributed by atoms with Gasteiger partial charge < -0.3 is 4.74 Å². The summed E-state index contributed by atoms with van der Waals surface area (Å²) in [5, 5.41) is -0.368. The maximum Gasteiger partial charge on any atom is 0.323 e. The van der Waals surface area contributed by atoms with Crippen molar-refractivity contribution >= 4 is 15.8 Å². The van der Waals surface area contributed by atoms with Crippen molar-refractivity contribution < 1.29 is 17.9 Å². The van der Waals surface area contributed by atoms with E-state index in [2.05, 4.69) is 17.0 Å². The summed E-state index contributed by atoms with van der Waals surface area (Å²) in [5.74, 6) is -0.242. The normalized spacial score (nSPS) is 25.9. The van der Waals surface area contributed by atoms with Crippen LogP contribution < -0.4 is 0 Å². The monoisotopic (exact) mass is 351 g/mol. The van der Waals surface area contributed by atoms with Crippen molar-refractivity contribution in [3.05, 3.63) is 35.4 Å². The second-order valence-electron chi connectivity index (χ2n) is 6.99. The molecule has 6 heteroatoms. The van der Waals surface area contributed by atoms with Crippen molar-refractivity contribution in [2.45, 2.75) is 56.5 Å². The Morgan fingerprint density at radius 1 is 1.25 bits per heavy atom. The summed E-state index contributed by atoms with van der Waals surface area (Å²) >= 11 is 0. The second-order valence-corrected chi connectivity index (χ2v) is 9.31. The van der Waals surface area contributed by atoms with Crippen LogP contribution in [0, 0.1) is 0 Å². The van der Waals surface area contributed by atoms with Crippen molar-refractivity contribution in [2.24, 2.45) is 0 Å². The van der Waals surface area contributed by atoms with E-state index < -0.39 is 9.84 Å². The average molecular weight is 351 g/mol. The summed E-state index contributed by atoms with van der Waals surface area (Å²) in [5.41, 5.74) is 2.61. The van der Waals surface area contributed by atoms with Gasteiger partial charge in [0.15, 0.2) is 0 Å². The molecule has 1 aromatic carbocycles. The molecule has 1 saturated carbocycles. The minimum absolute atomic E-state index is 0.242. The lowest BCUT2D eigenvalue weighted by molar-refractivity contribution is -0.155. The fourth-order valence-corrected chi connectivity index (χ4v) is 4.79. The Kier molecular flexibility index (Phi) is 4.97. The van der Waals surface area contributed by atoms with Gasteiger partial charge in [0, 0.05) is 25.8 Å². The lowest BCUT2D eigenvalue weighted by atomic mass is 9.99. The number of rotatable bonds is 4. The number of hydrogen-bond acceptors (Lipinski definition) is 5. The van der Waals surface area contributed by atoms with E-state index in [4.69, 9.17) is 4.74 Å². The van der Waals surface area contributed by atoms with Gasteiger partial charge in [-0.05, 0) is 37.3 Å². The molecule has 1 aliphatic heterocycles. The van der Waals surface area contributed by atoms with Crippen molar-refractivity contribution in [2.75, 3.05) is 12.8 Å². The Bertz CT molecular complexity index is 715. The molecule has 3 rings (SSSR count). The van der Waals surface area contributed by atoms with Crippen LogP contribution >= 0.6 is 0 Å². The highest BCUT2D eigenvalue weighted by Crippen LogP contribution is 2.28. The van der Waals surface area contributed by atoms with E-state index in [0.29, 0.717) is 19.3 Å². The topological polar surface area (TPSA) is 63.7 Å². The van der Waals surface area contributed by atoms with Crippen LogP contribution in [0.25, 0.3) is 0 Å². The average Bonchev–Trinajstić information content (AvgIpc) is 3.02. The van der Waals surface area contributed by atoms with E-state index in [1.54, 1.807) is 0 Å². The number of carbonyl (C=O) groups excluding carboxylic acids is 1. The molecule has 24 heavy (non-hydrogen) atoms. The summed E-state index contributed by atoms with van der Waals surface area (Å²) in [6.45, 7) is 3.46. The molecular formula is C18H25NO4S. The van der Waals surface area contributed by atoms with Crippen LogP contribution in [0.15, 0.2) is 24.3 Å². The highest BCUT2D eigenvalue weighted by molar-refractivity contribution is 7.91. The van der Waals surface area contributed by atoms with E-state index in [1.165, 1.54) is 17.4 Å². The van der Waals surface area contributed by atoms with Crippen molar-refractivity contribution in [1.29, 1.82) is 0 Å². The Morgan fingerprint density at radius 2 is 1.96 bits per heavy atom. The zero-order chi connectivity index (χ0) is 17.3. The summed E-state index contributed by atoms with van der Waals surface area (Å²) in [6.07, 6.45) is 3.58. The molecule has 132 valence electrons. The van der Waals surface area contributed by atoms with Gasteiger partial charge in [0.1, 0.15) is 22.0 Å². The van der Waals surface area contributed by atoms with Crippen LogP contribution in [-0.4, -0.2) is 49.5 Å². The second kappa shape index (κ2) is 6.84. The molecule has 1 aliphatic carbocycles. The highest BCUT2D eigenvalue weighted by Gasteiger charge is 2.35. The van der Waals surface area contributed by atoms with Gasteiger partial charge in [-0.1, -0.05) is 24.3 Å². The SMILES string of the molecule is C[C@H](C(=O)O[C@H]1CC[C@H](S(C)(=O)=O)C1)N1CCc2ccccc2C1. The zero-order valence-electron chi connectivity index (χ0n) is 14.3. The molecule has 0 saturated heterocycles. The fraction of sp³-hybridized carbons (Fsp3) is 0.611. The van der Waals surface area contributed by atoms with Crippen LogP contribution in [0.2, 0.25) is 0 Å². The Balaban J connectivity index is 1.56. The van der Waals surface area contributed by atoms with Crippen LogP contribution in [0.5, 0.6) is 0 Å². The van der Waals surface area contributed by atoms with E-state index in [1.807, 2.05) is 19.1 Å². The molecule has 0 unspecified atom stereocenters. The van der Waals surface area contributed by atoms with Crippen LogP contribution in [-0.2, 0) is 32.3 Å². The third kappa shape index (κ3) is 3.81. The summed E-state index contributed by atoms with van der Waals surface area (Å²) in [6, 6.07) is 8.00. The van der Waals surface area contributed by atoms with Crippen LogP contribution in [0.4, 0.5) is 0 Å². The Morgan fingerprint density at radius 3 is 2.62 bits per heavy atom. The third-order valence-electron chi connectivity index (χ3n) is 5.27. The van der Waals surface area contributed by atoms with Gasteiger partial charge in [-0.3, -0.25) is 9.69 Å². The van der Waals surface area contributed by atoms with E-state index in [-0.39, 0.29) is 23.4 Å². The zero-order valence-corrected chi connectivity index (χ0v) is 15.1. The Hall–Kier alpha value is -1.40. The number of hydrogen-bond donors (Lipinski definition) is 0. The Labute approximate surface area is 143 Å². The molecule has 0 bridgehead atoms. The number of fused-ring (bicyclic) bond motifs is 1. The first-order valence-electron chi connectivity index (χ1n) is 8.55. The summed E-state index contributed by atoms with van der Waals surface area (Å²) < 4.78 is 28.8. The molecule has 2 aliphatic rings. The first kappa shape index (κ1) is 17.4. The predicted octanol–water partition coefficient (Wildman–Crippen LogP) is 1.94. The van der Waals surface area contributed by atoms with Gasteiger partial charge in [0.2, 0.25) is 0 Å². The minimum atomic E-state index is -3.05. The minimum Gasteiger partial charge on any atom is -0.461 e. The fourth-order valence-electron chi connectivity index (χ4n) is 3.66. The number of sulfone groups is 1. The number of ether oxygens (including phenoxy) is 1. The molecule has 0 amide bonds.